The van der Waals surface area contributed by atoms with Crippen LogP contribution in [0.2, 0.25) is 0 Å². The fraction of sp³-hybridized carbons (Fsp3) is 0. The lowest BCUT2D eigenvalue weighted by Crippen LogP contribution is -1.91. The lowest BCUT2D eigenvalue weighted by Gasteiger charge is -1.97. The molecule has 0 spiro atoms. The molecule has 56 valence electrons. The van der Waals surface area contributed by atoms with Gasteiger partial charge in [-0.15, -0.1) is 0 Å². The Hall–Kier alpha value is -1.01. The van der Waals surface area contributed by atoms with Crippen molar-refractivity contribution in [1.82, 2.24) is 4.98 Å². The molecule has 0 atom stereocenters. The Kier molecular flexibility index (Phi) is 1.36. The average Bonchev–Trinajstić information content (AvgIpc) is 1.90. The van der Waals surface area contributed by atoms with E-state index in [4.69, 9.17) is 0 Å². The summed E-state index contributed by atoms with van der Waals surface area (Å²) in [7, 11) is 2.93. The van der Waals surface area contributed by atoms with Crippen molar-refractivity contribution >= 4 is 35.9 Å². The molecule has 0 unspecified atom stereocenters. The van der Waals surface area contributed by atoms with Crippen LogP contribution in [0.5, 0.6) is 0 Å². The van der Waals surface area contributed by atoms with Gasteiger partial charge in [-0.1, -0.05) is 20.7 Å². The summed E-state index contributed by atoms with van der Waals surface area (Å²) in [6, 6.07) is 1.78. The maximum Gasteiger partial charge on any atom is 0.383 e. The van der Waals surface area contributed by atoms with Crippen molar-refractivity contribution in [3.8, 4) is 0 Å². The molecule has 4 nitrogen and oxygen atoms in total. The number of aromatic nitrogens is 1. The van der Waals surface area contributed by atoms with Crippen molar-refractivity contribution in [2.75, 3.05) is 0 Å². The molecule has 0 aliphatic carbocycles. The molecule has 0 aromatic carbocycles. The van der Waals surface area contributed by atoms with Crippen LogP contribution in [-0.2, 0) is 0 Å². The second-order valence-corrected chi connectivity index (χ2v) is 4.07. The third-order valence-corrected chi connectivity index (χ3v) is 3.83. The zero-order chi connectivity index (χ0) is 7.84. The first kappa shape index (κ1) is 6.68. The molecule has 2 rings (SSSR count). The van der Waals surface area contributed by atoms with Crippen molar-refractivity contribution < 1.29 is 4.92 Å². The smallest absolute Gasteiger partial charge is 0.358 e. The molecule has 0 radical (unpaired) electrons. The summed E-state index contributed by atoms with van der Waals surface area (Å²) in [6.07, 6.45) is 1.46. The Bertz CT molecular complexity index is 405. The molecule has 0 aliphatic rings. The molecule has 11 heavy (non-hydrogen) atoms. The number of nitrogens with zero attached hydrogens (tertiary/aromatic N) is 2. The Morgan fingerprint density at radius 3 is 2.82 bits per heavy atom. The van der Waals surface area contributed by atoms with Gasteiger partial charge in [0.2, 0.25) is 0 Å². The van der Waals surface area contributed by atoms with E-state index in [1.54, 1.807) is 6.07 Å². The van der Waals surface area contributed by atoms with Crippen molar-refractivity contribution in [2.45, 2.75) is 0 Å². The van der Waals surface area contributed by atoms with Crippen LogP contribution in [0.25, 0.3) is 9.40 Å². The van der Waals surface area contributed by atoms with Crippen LogP contribution >= 0.6 is 20.7 Å². The van der Waals surface area contributed by atoms with Gasteiger partial charge in [0, 0.05) is 6.07 Å². The predicted octanol–water partition coefficient (Wildman–Crippen LogP) is 2.27. The summed E-state index contributed by atoms with van der Waals surface area (Å²) in [4.78, 5) is 13.5. The van der Waals surface area contributed by atoms with E-state index in [2.05, 4.69) is 4.98 Å². The maximum absolute atomic E-state index is 10.3. The van der Waals surface area contributed by atoms with E-state index in [0.717, 1.165) is 4.70 Å². The number of nitro groups is 1. The molecule has 2 heterocycles. The largest absolute Gasteiger partial charge is 0.383 e. The molecule has 0 fully saturated rings. The minimum Gasteiger partial charge on any atom is -0.358 e. The van der Waals surface area contributed by atoms with Gasteiger partial charge in [0.1, 0.15) is 6.20 Å². The lowest BCUT2D eigenvalue weighted by atomic mass is 10.5. The predicted molar refractivity (Wildman–Crippen MR) is 44.2 cm³/mol. The van der Waals surface area contributed by atoms with E-state index in [0.29, 0.717) is 4.70 Å². The minimum absolute atomic E-state index is 0.0220. The van der Waals surface area contributed by atoms with Gasteiger partial charge in [-0.3, -0.25) is 0 Å². The van der Waals surface area contributed by atoms with Crippen molar-refractivity contribution in [3.63, 3.8) is 0 Å². The normalized spacial score (nSPS) is 10.5. The summed E-state index contributed by atoms with van der Waals surface area (Å²) in [5.41, 5.74) is 0. The quantitative estimate of drug-likeness (QED) is 0.390. The van der Waals surface area contributed by atoms with Crippen molar-refractivity contribution in [1.29, 1.82) is 0 Å². The summed E-state index contributed by atoms with van der Waals surface area (Å²) in [6.45, 7) is 0. The Balaban J connectivity index is 2.71. The van der Waals surface area contributed by atoms with Crippen LogP contribution in [0.1, 0.15) is 0 Å². The van der Waals surface area contributed by atoms with Crippen molar-refractivity contribution in [3.05, 3.63) is 22.4 Å². The van der Waals surface area contributed by atoms with Crippen LogP contribution in [0.3, 0.4) is 0 Å². The van der Waals surface area contributed by atoms with E-state index in [1.165, 1.54) is 26.9 Å². The highest BCUT2D eigenvalue weighted by Crippen LogP contribution is 2.36. The zero-order valence-electron chi connectivity index (χ0n) is 5.18. The first-order chi connectivity index (χ1) is 5.29. The van der Waals surface area contributed by atoms with Crippen LogP contribution < -0.4 is 0 Å². The molecular formula is C5H2N2O2S2. The Morgan fingerprint density at radius 2 is 2.36 bits per heavy atom. The second-order valence-electron chi connectivity index (χ2n) is 1.89. The van der Waals surface area contributed by atoms with Gasteiger partial charge in [-0.2, -0.15) is 0 Å². The van der Waals surface area contributed by atoms with E-state index in [-0.39, 0.29) is 5.82 Å². The van der Waals surface area contributed by atoms with E-state index < -0.39 is 4.92 Å². The number of fused-ring (bicyclic) bond motifs is 1. The van der Waals surface area contributed by atoms with E-state index >= 15 is 0 Å². The molecule has 0 saturated heterocycles. The van der Waals surface area contributed by atoms with Gasteiger partial charge in [0.15, 0.2) is 4.70 Å². The standard InChI is InChI=1S/C5H2N2O2S2/c8-7(9)5-4-3(10-11-4)1-2-6-5/h1-2H. The summed E-state index contributed by atoms with van der Waals surface area (Å²) in [5.74, 6) is -0.0220. The third kappa shape index (κ3) is 0.908. The SMILES string of the molecule is O=[N+]([O-])c1nccc2ssc12. The molecule has 0 aliphatic heterocycles. The third-order valence-electron chi connectivity index (χ3n) is 1.24. The highest BCUT2D eigenvalue weighted by atomic mass is 32.9. The Labute approximate surface area is 68.6 Å². The topological polar surface area (TPSA) is 56.0 Å². The first-order valence-electron chi connectivity index (χ1n) is 2.77. The van der Waals surface area contributed by atoms with Crippen molar-refractivity contribution in [2.24, 2.45) is 0 Å². The first-order valence-corrected chi connectivity index (χ1v) is 4.92. The molecule has 0 saturated carbocycles. The number of pyridine rings is 1. The van der Waals surface area contributed by atoms with E-state index in [9.17, 15) is 10.1 Å². The zero-order valence-corrected chi connectivity index (χ0v) is 6.82. The van der Waals surface area contributed by atoms with E-state index in [1.807, 2.05) is 0 Å². The highest BCUT2D eigenvalue weighted by Gasteiger charge is 2.15. The molecular weight excluding hydrogens is 184 g/mol. The molecule has 0 bridgehead atoms. The highest BCUT2D eigenvalue weighted by molar-refractivity contribution is 7.78. The van der Waals surface area contributed by atoms with Gasteiger partial charge >= 0.3 is 5.82 Å². The van der Waals surface area contributed by atoms with Crippen LogP contribution in [0.15, 0.2) is 12.3 Å². The summed E-state index contributed by atoms with van der Waals surface area (Å²) < 4.78 is 1.65. The van der Waals surface area contributed by atoms with Gasteiger partial charge in [0.25, 0.3) is 0 Å². The van der Waals surface area contributed by atoms with Gasteiger partial charge < -0.3 is 10.1 Å². The van der Waals surface area contributed by atoms with Crippen LogP contribution in [0.4, 0.5) is 5.82 Å². The fourth-order valence-electron chi connectivity index (χ4n) is 0.747. The maximum atomic E-state index is 10.3. The monoisotopic (exact) mass is 186 g/mol. The van der Waals surface area contributed by atoms with Crippen LogP contribution in [-0.4, -0.2) is 9.91 Å². The molecule has 2 aromatic heterocycles. The lowest BCUT2D eigenvalue weighted by molar-refractivity contribution is -0.387. The second kappa shape index (κ2) is 2.24. The molecule has 6 heteroatoms. The van der Waals surface area contributed by atoms with Gasteiger partial charge in [-0.25, -0.2) is 0 Å². The fourth-order valence-corrected chi connectivity index (χ4v) is 2.67. The summed E-state index contributed by atoms with van der Waals surface area (Å²) >= 11 is 0. The summed E-state index contributed by atoms with van der Waals surface area (Å²) in [5, 5.41) is 10.3. The van der Waals surface area contributed by atoms with Crippen LogP contribution in [0, 0.1) is 10.1 Å². The minimum atomic E-state index is -0.453. The molecule has 0 amide bonds. The Morgan fingerprint density at radius 1 is 1.55 bits per heavy atom. The number of rotatable bonds is 1. The van der Waals surface area contributed by atoms with Gasteiger partial charge in [-0.05, 0) is 9.91 Å². The molecule has 2 aromatic rings. The van der Waals surface area contributed by atoms with Gasteiger partial charge in [0.05, 0.1) is 4.70 Å². The molecule has 0 N–H and O–H groups in total. The number of hydrogen-bond donors (Lipinski definition) is 0. The average molecular weight is 186 g/mol. The number of hydrogen-bond acceptors (Lipinski definition) is 5.